The molecule has 5 nitrogen and oxygen atoms in total. The standard InChI is InChI=1S/C17H16FN3O2/c18-13-3-1-11(2-4-13)10-20-16(22)12-7-8-19-15(9-12)17(23)21-14-5-6-14/h1-4,7-9,14H,5-6,10H2,(H,20,22)(H,21,23). The molecule has 0 atom stereocenters. The van der Waals surface area contributed by atoms with Gasteiger partial charge in [0.1, 0.15) is 11.5 Å². The molecule has 1 heterocycles. The number of carbonyl (C=O) groups excluding carboxylic acids is 2. The maximum Gasteiger partial charge on any atom is 0.270 e. The molecule has 118 valence electrons. The highest BCUT2D eigenvalue weighted by atomic mass is 19.1. The Morgan fingerprint density at radius 2 is 1.87 bits per heavy atom. The van der Waals surface area contributed by atoms with Gasteiger partial charge in [-0.1, -0.05) is 12.1 Å². The molecule has 2 N–H and O–H groups in total. The number of pyridine rings is 1. The lowest BCUT2D eigenvalue weighted by atomic mass is 10.2. The predicted molar refractivity (Wildman–Crippen MR) is 82.3 cm³/mol. The Hall–Kier alpha value is -2.76. The molecule has 0 spiro atoms. The normalized spacial score (nSPS) is 13.4. The quantitative estimate of drug-likeness (QED) is 0.887. The zero-order valence-electron chi connectivity index (χ0n) is 12.4. The molecule has 1 saturated carbocycles. The van der Waals surface area contributed by atoms with Gasteiger partial charge < -0.3 is 10.6 Å². The van der Waals surface area contributed by atoms with Crippen LogP contribution in [-0.4, -0.2) is 22.8 Å². The third-order valence-corrected chi connectivity index (χ3v) is 3.53. The molecule has 0 bridgehead atoms. The van der Waals surface area contributed by atoms with Gasteiger partial charge in [-0.15, -0.1) is 0 Å². The number of hydrogen-bond donors (Lipinski definition) is 2. The summed E-state index contributed by atoms with van der Waals surface area (Å²) in [6.45, 7) is 0.283. The largest absolute Gasteiger partial charge is 0.348 e. The van der Waals surface area contributed by atoms with E-state index in [2.05, 4.69) is 15.6 Å². The molecule has 0 aliphatic heterocycles. The topological polar surface area (TPSA) is 71.1 Å². The van der Waals surface area contributed by atoms with Crippen molar-refractivity contribution in [3.63, 3.8) is 0 Å². The van der Waals surface area contributed by atoms with Crippen LogP contribution in [0.4, 0.5) is 4.39 Å². The third-order valence-electron chi connectivity index (χ3n) is 3.53. The maximum absolute atomic E-state index is 12.8. The lowest BCUT2D eigenvalue weighted by molar-refractivity contribution is 0.0946. The second-order valence-corrected chi connectivity index (χ2v) is 5.49. The van der Waals surface area contributed by atoms with Crippen molar-refractivity contribution in [3.8, 4) is 0 Å². The van der Waals surface area contributed by atoms with E-state index >= 15 is 0 Å². The predicted octanol–water partition coefficient (Wildman–Crippen LogP) is 2.04. The smallest absolute Gasteiger partial charge is 0.270 e. The summed E-state index contributed by atoms with van der Waals surface area (Å²) in [6.07, 6.45) is 3.42. The van der Waals surface area contributed by atoms with Crippen molar-refractivity contribution in [1.29, 1.82) is 0 Å². The molecule has 23 heavy (non-hydrogen) atoms. The van der Waals surface area contributed by atoms with Gasteiger partial charge in [0.25, 0.3) is 11.8 Å². The van der Waals surface area contributed by atoms with Crippen molar-refractivity contribution in [2.75, 3.05) is 0 Å². The fourth-order valence-electron chi connectivity index (χ4n) is 2.07. The van der Waals surface area contributed by atoms with E-state index in [1.807, 2.05) is 0 Å². The van der Waals surface area contributed by atoms with Crippen molar-refractivity contribution >= 4 is 11.8 Å². The third kappa shape index (κ3) is 4.12. The van der Waals surface area contributed by atoms with Crippen LogP contribution in [0.1, 0.15) is 39.3 Å². The molecule has 3 rings (SSSR count). The molecule has 1 aromatic heterocycles. The van der Waals surface area contributed by atoms with Crippen LogP contribution in [0.3, 0.4) is 0 Å². The number of carbonyl (C=O) groups is 2. The van der Waals surface area contributed by atoms with E-state index in [0.717, 1.165) is 18.4 Å². The Morgan fingerprint density at radius 1 is 1.13 bits per heavy atom. The van der Waals surface area contributed by atoms with Crippen molar-refractivity contribution < 1.29 is 14.0 Å². The molecule has 0 saturated heterocycles. The highest BCUT2D eigenvalue weighted by Gasteiger charge is 2.24. The van der Waals surface area contributed by atoms with Crippen molar-refractivity contribution in [2.24, 2.45) is 0 Å². The summed E-state index contributed by atoms with van der Waals surface area (Å²) in [5, 5.41) is 5.56. The summed E-state index contributed by atoms with van der Waals surface area (Å²) in [7, 11) is 0. The van der Waals surface area contributed by atoms with Gasteiger partial charge in [0, 0.05) is 24.3 Å². The molecule has 1 aliphatic rings. The van der Waals surface area contributed by atoms with Gasteiger partial charge in [-0.3, -0.25) is 14.6 Å². The first-order chi connectivity index (χ1) is 11.1. The zero-order valence-corrected chi connectivity index (χ0v) is 12.4. The van der Waals surface area contributed by atoms with Gasteiger partial charge in [0.2, 0.25) is 0 Å². The minimum absolute atomic E-state index is 0.228. The first-order valence-corrected chi connectivity index (χ1v) is 7.41. The minimum Gasteiger partial charge on any atom is -0.348 e. The second-order valence-electron chi connectivity index (χ2n) is 5.49. The molecule has 2 aromatic rings. The van der Waals surface area contributed by atoms with E-state index in [-0.39, 0.29) is 35.9 Å². The fraction of sp³-hybridized carbons (Fsp3) is 0.235. The lowest BCUT2D eigenvalue weighted by Gasteiger charge is -2.07. The van der Waals surface area contributed by atoms with Crippen LogP contribution in [0, 0.1) is 5.82 Å². The number of rotatable bonds is 5. The lowest BCUT2D eigenvalue weighted by Crippen LogP contribution is -2.27. The van der Waals surface area contributed by atoms with Crippen LogP contribution < -0.4 is 10.6 Å². The molecule has 6 heteroatoms. The number of halogens is 1. The van der Waals surface area contributed by atoms with Crippen LogP contribution in [0.2, 0.25) is 0 Å². The number of amides is 2. The molecule has 1 aliphatic carbocycles. The molecule has 2 amide bonds. The Kier molecular flexibility index (Phi) is 4.32. The zero-order chi connectivity index (χ0) is 16.2. The molecule has 1 fully saturated rings. The number of nitrogens with zero attached hydrogens (tertiary/aromatic N) is 1. The summed E-state index contributed by atoms with van der Waals surface area (Å²) in [5.74, 6) is -0.890. The maximum atomic E-state index is 12.8. The van der Waals surface area contributed by atoms with Crippen LogP contribution in [-0.2, 0) is 6.54 Å². The Balaban J connectivity index is 1.62. The van der Waals surface area contributed by atoms with Gasteiger partial charge in [0.05, 0.1) is 0 Å². The molecule has 0 radical (unpaired) electrons. The first-order valence-electron chi connectivity index (χ1n) is 7.41. The van der Waals surface area contributed by atoms with E-state index in [9.17, 15) is 14.0 Å². The van der Waals surface area contributed by atoms with Gasteiger partial charge in [-0.25, -0.2) is 4.39 Å². The summed E-state index contributed by atoms with van der Waals surface area (Å²) < 4.78 is 12.8. The second kappa shape index (κ2) is 6.56. The van der Waals surface area contributed by atoms with Gasteiger partial charge >= 0.3 is 0 Å². The molecule has 1 aromatic carbocycles. The Morgan fingerprint density at radius 3 is 2.57 bits per heavy atom. The van der Waals surface area contributed by atoms with Gasteiger partial charge in [0.15, 0.2) is 0 Å². The minimum atomic E-state index is -0.319. The summed E-state index contributed by atoms with van der Waals surface area (Å²) in [6, 6.07) is 9.15. The van der Waals surface area contributed by atoms with Crippen LogP contribution in [0.25, 0.3) is 0 Å². The first kappa shape index (κ1) is 15.1. The van der Waals surface area contributed by atoms with Crippen molar-refractivity contribution in [1.82, 2.24) is 15.6 Å². The number of aromatic nitrogens is 1. The average Bonchev–Trinajstić information content (AvgIpc) is 3.38. The molecular weight excluding hydrogens is 297 g/mol. The van der Waals surface area contributed by atoms with Gasteiger partial charge in [-0.2, -0.15) is 0 Å². The fourth-order valence-corrected chi connectivity index (χ4v) is 2.07. The monoisotopic (exact) mass is 313 g/mol. The van der Waals surface area contributed by atoms with Gasteiger partial charge in [-0.05, 0) is 42.7 Å². The highest BCUT2D eigenvalue weighted by molar-refractivity contribution is 5.98. The van der Waals surface area contributed by atoms with Crippen molar-refractivity contribution in [3.05, 3.63) is 65.2 Å². The SMILES string of the molecule is O=C(NCc1ccc(F)cc1)c1ccnc(C(=O)NC2CC2)c1. The van der Waals surface area contributed by atoms with Crippen molar-refractivity contribution in [2.45, 2.75) is 25.4 Å². The Bertz CT molecular complexity index is 727. The summed E-state index contributed by atoms with van der Waals surface area (Å²) in [4.78, 5) is 28.1. The Labute approximate surface area is 132 Å². The number of nitrogens with one attached hydrogen (secondary N) is 2. The van der Waals surface area contributed by atoms with E-state index < -0.39 is 0 Å². The highest BCUT2D eigenvalue weighted by Crippen LogP contribution is 2.19. The molecular formula is C17H16FN3O2. The van der Waals surface area contributed by atoms with E-state index in [1.54, 1.807) is 18.2 Å². The van der Waals surface area contributed by atoms with Crippen LogP contribution >= 0.6 is 0 Å². The summed E-state index contributed by atoms with van der Waals surface area (Å²) in [5.41, 5.74) is 1.38. The van der Waals surface area contributed by atoms with E-state index in [0.29, 0.717) is 5.56 Å². The number of hydrogen-bond acceptors (Lipinski definition) is 3. The molecule has 0 unspecified atom stereocenters. The van der Waals surface area contributed by atoms with Crippen LogP contribution in [0.15, 0.2) is 42.6 Å². The summed E-state index contributed by atoms with van der Waals surface area (Å²) >= 11 is 0. The number of benzene rings is 1. The van der Waals surface area contributed by atoms with E-state index in [1.165, 1.54) is 24.4 Å². The van der Waals surface area contributed by atoms with E-state index in [4.69, 9.17) is 0 Å². The average molecular weight is 313 g/mol. The van der Waals surface area contributed by atoms with Crippen LogP contribution in [0.5, 0.6) is 0 Å².